The fourth-order valence-electron chi connectivity index (χ4n) is 2.65. The van der Waals surface area contributed by atoms with Gasteiger partial charge in [-0.1, -0.05) is 24.0 Å². The van der Waals surface area contributed by atoms with Crippen molar-refractivity contribution in [1.82, 2.24) is 15.5 Å². The molecule has 0 atom stereocenters. The van der Waals surface area contributed by atoms with Gasteiger partial charge in [0.25, 0.3) is 17.7 Å². The van der Waals surface area contributed by atoms with E-state index >= 15 is 0 Å². The van der Waals surface area contributed by atoms with Gasteiger partial charge in [-0.3, -0.25) is 29.9 Å². The molecule has 0 saturated carbocycles. The van der Waals surface area contributed by atoms with Crippen molar-refractivity contribution in [3.05, 3.63) is 34.4 Å². The van der Waals surface area contributed by atoms with Crippen LogP contribution in [0, 0.1) is 0 Å². The van der Waals surface area contributed by atoms with Crippen LogP contribution in [0.4, 0.5) is 4.79 Å². The van der Waals surface area contributed by atoms with Crippen molar-refractivity contribution >= 4 is 58.1 Å². The molecule has 30 heavy (non-hydrogen) atoms. The molecule has 0 spiro atoms. The molecule has 2 aliphatic heterocycles. The zero-order valence-electron chi connectivity index (χ0n) is 15.9. The van der Waals surface area contributed by atoms with E-state index in [1.54, 1.807) is 18.2 Å². The molecule has 0 aliphatic carbocycles. The first-order chi connectivity index (χ1) is 14.3. The van der Waals surface area contributed by atoms with E-state index in [4.69, 9.17) is 26.4 Å². The number of nitrogens with one attached hydrogen (secondary N) is 2. The second kappa shape index (κ2) is 8.55. The summed E-state index contributed by atoms with van der Waals surface area (Å²) >= 11 is 6.19. The molecule has 1 aromatic carbocycles. The average Bonchev–Trinajstić information content (AvgIpc) is 2.96. The van der Waals surface area contributed by atoms with E-state index in [2.05, 4.69) is 0 Å². The first kappa shape index (κ1) is 21.3. The van der Waals surface area contributed by atoms with E-state index in [0.717, 1.165) is 22.9 Å². The predicted octanol–water partition coefficient (Wildman–Crippen LogP) is 1.16. The van der Waals surface area contributed by atoms with Crippen LogP contribution in [0.2, 0.25) is 0 Å². The number of barbiturate groups is 1. The molecule has 10 nitrogen and oxygen atoms in total. The number of hydrogen-bond acceptors (Lipinski definition) is 9. The minimum absolute atomic E-state index is 0.115. The normalized spacial score (nSPS) is 17.8. The summed E-state index contributed by atoms with van der Waals surface area (Å²) in [6.45, 7) is 0. The standard InChI is InChI=1S/C18H15N3O7S2/c1-26-10-4-8(5-11(27-2)13(10)28-3)6-12-16(24)21(18(29)30-12)7-9-14(22)19-17(25)20-15(9)23/h4-7H,1-3H3,(H2,19,20,22,23,25). The summed E-state index contributed by atoms with van der Waals surface area (Å²) in [4.78, 5) is 49.0. The van der Waals surface area contributed by atoms with Crippen LogP contribution in [-0.4, -0.2) is 54.3 Å². The molecule has 156 valence electrons. The molecular formula is C18H15N3O7S2. The van der Waals surface area contributed by atoms with Gasteiger partial charge >= 0.3 is 6.03 Å². The third kappa shape index (κ3) is 4.00. The Morgan fingerprint density at radius 1 is 0.967 bits per heavy atom. The number of thioether (sulfide) groups is 1. The Morgan fingerprint density at radius 3 is 2.03 bits per heavy atom. The number of carbonyl (C=O) groups excluding carboxylic acids is 4. The Balaban J connectivity index is 1.94. The number of thiocarbonyl (C=S) groups is 1. The molecule has 2 N–H and O–H groups in total. The Bertz CT molecular complexity index is 1000. The first-order valence-electron chi connectivity index (χ1n) is 8.24. The van der Waals surface area contributed by atoms with Crippen molar-refractivity contribution < 1.29 is 33.4 Å². The summed E-state index contributed by atoms with van der Waals surface area (Å²) in [6.07, 6.45) is 2.57. The summed E-state index contributed by atoms with van der Waals surface area (Å²) in [5.41, 5.74) is 0.163. The van der Waals surface area contributed by atoms with Crippen LogP contribution in [0.3, 0.4) is 0 Å². The maximum absolute atomic E-state index is 12.8. The van der Waals surface area contributed by atoms with Gasteiger partial charge < -0.3 is 14.2 Å². The second-order valence-electron chi connectivity index (χ2n) is 5.79. The smallest absolute Gasteiger partial charge is 0.328 e. The molecule has 0 bridgehead atoms. The first-order valence-corrected chi connectivity index (χ1v) is 9.47. The monoisotopic (exact) mass is 449 g/mol. The zero-order chi connectivity index (χ0) is 22.0. The highest BCUT2D eigenvalue weighted by Crippen LogP contribution is 2.40. The summed E-state index contributed by atoms with van der Waals surface area (Å²) in [5, 5.41) is 3.86. The number of methoxy groups -OCH3 is 3. The Morgan fingerprint density at radius 2 is 1.53 bits per heavy atom. The number of amides is 5. The molecule has 2 aliphatic rings. The molecule has 0 aromatic heterocycles. The van der Waals surface area contributed by atoms with E-state index in [9.17, 15) is 19.2 Å². The van der Waals surface area contributed by atoms with Crippen LogP contribution in [0.5, 0.6) is 17.2 Å². The number of hydrogen-bond donors (Lipinski definition) is 2. The lowest BCUT2D eigenvalue weighted by molar-refractivity contribution is -0.124. The quantitative estimate of drug-likeness (QED) is 0.387. The van der Waals surface area contributed by atoms with Crippen molar-refractivity contribution in [3.63, 3.8) is 0 Å². The minimum Gasteiger partial charge on any atom is -0.493 e. The Kier molecular flexibility index (Phi) is 6.08. The molecule has 2 saturated heterocycles. The van der Waals surface area contributed by atoms with Crippen molar-refractivity contribution in [2.24, 2.45) is 0 Å². The predicted molar refractivity (Wildman–Crippen MR) is 111 cm³/mol. The van der Waals surface area contributed by atoms with Crippen molar-refractivity contribution in [2.75, 3.05) is 21.3 Å². The summed E-state index contributed by atoms with van der Waals surface area (Å²) in [6, 6.07) is 2.37. The van der Waals surface area contributed by atoms with Crippen LogP contribution < -0.4 is 24.8 Å². The van der Waals surface area contributed by atoms with Crippen LogP contribution in [-0.2, 0) is 14.4 Å². The van der Waals surface area contributed by atoms with Gasteiger partial charge in [-0.05, 0) is 23.8 Å². The van der Waals surface area contributed by atoms with Crippen LogP contribution in [0.25, 0.3) is 6.08 Å². The van der Waals surface area contributed by atoms with Gasteiger partial charge in [0.05, 0.1) is 26.2 Å². The van der Waals surface area contributed by atoms with Gasteiger partial charge in [-0.15, -0.1) is 0 Å². The molecule has 0 unspecified atom stereocenters. The molecule has 1 aromatic rings. The topological polar surface area (TPSA) is 123 Å². The lowest BCUT2D eigenvalue weighted by Crippen LogP contribution is -2.52. The molecule has 12 heteroatoms. The zero-order valence-corrected chi connectivity index (χ0v) is 17.6. The number of imide groups is 2. The summed E-state index contributed by atoms with van der Waals surface area (Å²) in [5.74, 6) is -1.18. The molecule has 0 radical (unpaired) electrons. The molecular weight excluding hydrogens is 434 g/mol. The number of rotatable bonds is 5. The highest BCUT2D eigenvalue weighted by molar-refractivity contribution is 8.26. The highest BCUT2D eigenvalue weighted by atomic mass is 32.2. The number of ether oxygens (including phenoxy) is 3. The lowest BCUT2D eigenvalue weighted by atomic mass is 10.1. The Labute approximate surface area is 180 Å². The second-order valence-corrected chi connectivity index (χ2v) is 7.47. The third-order valence-electron chi connectivity index (χ3n) is 4.01. The van der Waals surface area contributed by atoms with Gasteiger partial charge in [0, 0.05) is 6.20 Å². The van der Waals surface area contributed by atoms with Crippen LogP contribution in [0.1, 0.15) is 5.56 Å². The fourth-order valence-corrected chi connectivity index (χ4v) is 3.86. The summed E-state index contributed by atoms with van der Waals surface area (Å²) < 4.78 is 16.0. The van der Waals surface area contributed by atoms with Gasteiger partial charge in [0.1, 0.15) is 5.57 Å². The number of nitrogens with zero attached hydrogens (tertiary/aromatic N) is 1. The van der Waals surface area contributed by atoms with E-state index in [1.807, 2.05) is 10.6 Å². The van der Waals surface area contributed by atoms with E-state index in [-0.39, 0.29) is 9.23 Å². The van der Waals surface area contributed by atoms with Gasteiger partial charge in [0.15, 0.2) is 15.8 Å². The lowest BCUT2D eigenvalue weighted by Gasteiger charge is -2.16. The maximum atomic E-state index is 12.8. The van der Waals surface area contributed by atoms with Gasteiger partial charge in [0.2, 0.25) is 5.75 Å². The Hall–Kier alpha value is -3.38. The van der Waals surface area contributed by atoms with Crippen molar-refractivity contribution in [2.45, 2.75) is 0 Å². The van der Waals surface area contributed by atoms with Crippen molar-refractivity contribution in [3.8, 4) is 17.2 Å². The van der Waals surface area contributed by atoms with E-state index in [0.29, 0.717) is 22.8 Å². The highest BCUT2D eigenvalue weighted by Gasteiger charge is 2.35. The third-order valence-corrected chi connectivity index (χ3v) is 5.34. The van der Waals surface area contributed by atoms with E-state index in [1.165, 1.54) is 21.3 Å². The summed E-state index contributed by atoms with van der Waals surface area (Å²) in [7, 11) is 4.42. The molecule has 5 amide bonds. The average molecular weight is 449 g/mol. The fraction of sp³-hybridized carbons (Fsp3) is 0.167. The van der Waals surface area contributed by atoms with Crippen LogP contribution >= 0.6 is 24.0 Å². The molecule has 2 fully saturated rings. The largest absolute Gasteiger partial charge is 0.493 e. The van der Waals surface area contributed by atoms with Gasteiger partial charge in [-0.2, -0.15) is 0 Å². The number of urea groups is 1. The maximum Gasteiger partial charge on any atom is 0.328 e. The van der Waals surface area contributed by atoms with Gasteiger partial charge in [-0.25, -0.2) is 4.79 Å². The molecule has 2 heterocycles. The SMILES string of the molecule is COc1cc(C=C2SC(=S)N(C=C3C(=O)NC(=O)NC3=O)C2=O)cc(OC)c1OC. The van der Waals surface area contributed by atoms with Crippen molar-refractivity contribution in [1.29, 1.82) is 0 Å². The molecule has 3 rings (SSSR count). The number of carbonyl (C=O) groups is 4. The minimum atomic E-state index is -0.935. The van der Waals surface area contributed by atoms with E-state index < -0.39 is 29.3 Å². The van der Waals surface area contributed by atoms with Crippen LogP contribution in [0.15, 0.2) is 28.8 Å². The number of benzene rings is 1.